The third kappa shape index (κ3) is 4.83. The molecule has 1 spiro atoms. The van der Waals surface area contributed by atoms with Gasteiger partial charge in [-0.25, -0.2) is 0 Å². The second-order valence-electron chi connectivity index (χ2n) is 13.0. The molecule has 3 amide bonds. The van der Waals surface area contributed by atoms with Crippen LogP contribution in [0.25, 0.3) is 0 Å². The van der Waals surface area contributed by atoms with Crippen molar-refractivity contribution in [2.24, 2.45) is 17.8 Å². The van der Waals surface area contributed by atoms with Crippen molar-refractivity contribution in [1.29, 1.82) is 0 Å². The van der Waals surface area contributed by atoms with Crippen LogP contribution in [-0.4, -0.2) is 86.6 Å². The number of ether oxygens (including phenoxy) is 1. The van der Waals surface area contributed by atoms with Gasteiger partial charge in [-0.1, -0.05) is 56.3 Å². The summed E-state index contributed by atoms with van der Waals surface area (Å²) < 4.78 is 6.94. The van der Waals surface area contributed by atoms with E-state index in [0.29, 0.717) is 19.5 Å². The molecule has 2 bridgehead atoms. The Kier molecular flexibility index (Phi) is 8.59. The summed E-state index contributed by atoms with van der Waals surface area (Å²) >= 11 is 0. The predicted molar refractivity (Wildman–Crippen MR) is 159 cm³/mol. The normalized spacial score (nSPS) is 31.1. The van der Waals surface area contributed by atoms with E-state index in [-0.39, 0.29) is 36.8 Å². The number of fused-ring (bicyclic) bond motifs is 1. The van der Waals surface area contributed by atoms with Crippen molar-refractivity contribution in [2.75, 3.05) is 26.2 Å². The largest absolute Gasteiger partial charge is 0.394 e. The molecular weight excluding hydrogens is 518 g/mol. The van der Waals surface area contributed by atoms with Gasteiger partial charge in [0.05, 0.1) is 30.1 Å². The summed E-state index contributed by atoms with van der Waals surface area (Å²) in [6.45, 7) is 20.4. The summed E-state index contributed by atoms with van der Waals surface area (Å²) in [6.07, 6.45) is 4.61. The molecule has 8 heteroatoms. The number of amides is 3. The highest BCUT2D eigenvalue weighted by Gasteiger charge is 2.80. The summed E-state index contributed by atoms with van der Waals surface area (Å²) in [5, 5.41) is 10.7. The molecular formula is C33H47N3O5. The molecule has 0 radical (unpaired) electrons. The summed E-state index contributed by atoms with van der Waals surface area (Å²) in [5.41, 5.74) is -1.97. The standard InChI is InChI=1S/C33H47N3O5/c1-9-17-34(18-10-2)28(38)25-26-29(39)36(24(21-37)23-15-13-12-14-16-23)27(30(40)35(19-11-3)31(5,6)7)33(26)20-22(4)32(25,8)41-33/h9,11-16,22,24-27,37H,1,3,10,17-21H2,2,4-8H3/t22?,24-,25-,26+,27?,32+,33?/m1/s1. The highest BCUT2D eigenvalue weighted by atomic mass is 16.5. The van der Waals surface area contributed by atoms with Crippen molar-refractivity contribution in [1.82, 2.24) is 14.7 Å². The molecule has 7 atom stereocenters. The first kappa shape index (κ1) is 31.0. The van der Waals surface area contributed by atoms with E-state index in [1.165, 1.54) is 0 Å². The Morgan fingerprint density at radius 2 is 1.80 bits per heavy atom. The van der Waals surface area contributed by atoms with E-state index in [9.17, 15) is 19.5 Å². The van der Waals surface area contributed by atoms with Crippen LogP contribution in [0.4, 0.5) is 0 Å². The average molecular weight is 566 g/mol. The Bertz CT molecular complexity index is 1180. The van der Waals surface area contributed by atoms with Gasteiger partial charge >= 0.3 is 0 Å². The lowest BCUT2D eigenvalue weighted by Gasteiger charge is -2.43. The molecule has 4 rings (SSSR count). The molecule has 8 nitrogen and oxygen atoms in total. The molecule has 3 fully saturated rings. The zero-order valence-electron chi connectivity index (χ0n) is 25.5. The minimum atomic E-state index is -1.21. The van der Waals surface area contributed by atoms with Gasteiger partial charge in [0.1, 0.15) is 11.6 Å². The second-order valence-corrected chi connectivity index (χ2v) is 13.0. The van der Waals surface area contributed by atoms with Gasteiger partial charge in [-0.2, -0.15) is 0 Å². The third-order valence-corrected chi connectivity index (χ3v) is 9.49. The maximum Gasteiger partial charge on any atom is 0.249 e. The molecule has 1 aromatic rings. The van der Waals surface area contributed by atoms with Crippen LogP contribution in [0.2, 0.25) is 0 Å². The molecule has 3 saturated heterocycles. The third-order valence-electron chi connectivity index (χ3n) is 9.49. The highest BCUT2D eigenvalue weighted by Crippen LogP contribution is 2.66. The fourth-order valence-electron chi connectivity index (χ4n) is 7.58. The summed E-state index contributed by atoms with van der Waals surface area (Å²) in [5.74, 6) is -2.41. The lowest BCUT2D eigenvalue weighted by atomic mass is 9.62. The molecule has 1 aromatic carbocycles. The van der Waals surface area contributed by atoms with E-state index in [4.69, 9.17) is 4.74 Å². The lowest BCUT2D eigenvalue weighted by Crippen LogP contribution is -2.60. The second kappa shape index (κ2) is 11.4. The SMILES string of the molecule is C=CCN(CCC)C(=O)[C@H]1[C@H]2C(=O)N([C@H](CO)c3ccccc3)C(C(=O)N(CC=C)C(C)(C)C)C23CC(C)[C@]1(C)O3. The van der Waals surface area contributed by atoms with Gasteiger partial charge in [-0.3, -0.25) is 14.4 Å². The molecule has 1 N–H and O–H groups in total. The Balaban J connectivity index is 1.93. The Morgan fingerprint density at radius 3 is 2.34 bits per heavy atom. The van der Waals surface area contributed by atoms with E-state index >= 15 is 0 Å². The van der Waals surface area contributed by atoms with Gasteiger partial charge in [-0.05, 0) is 52.0 Å². The molecule has 3 aliphatic heterocycles. The fraction of sp³-hybridized carbons (Fsp3) is 0.606. The minimum Gasteiger partial charge on any atom is -0.394 e. The van der Waals surface area contributed by atoms with Crippen LogP contribution in [0.5, 0.6) is 0 Å². The zero-order chi connectivity index (χ0) is 30.3. The topological polar surface area (TPSA) is 90.4 Å². The molecule has 3 heterocycles. The van der Waals surface area contributed by atoms with Crippen molar-refractivity contribution in [3.8, 4) is 0 Å². The van der Waals surface area contributed by atoms with Gasteiger partial charge < -0.3 is 24.5 Å². The molecule has 0 aliphatic carbocycles. The van der Waals surface area contributed by atoms with Crippen LogP contribution in [0.15, 0.2) is 55.6 Å². The number of aliphatic hydroxyl groups is 1. The van der Waals surface area contributed by atoms with Gasteiger partial charge in [-0.15, -0.1) is 13.2 Å². The molecule has 224 valence electrons. The average Bonchev–Trinajstić information content (AvgIpc) is 3.44. The number of carbonyl (C=O) groups excluding carboxylic acids is 3. The lowest BCUT2D eigenvalue weighted by molar-refractivity contribution is -0.160. The van der Waals surface area contributed by atoms with Crippen LogP contribution in [0, 0.1) is 17.8 Å². The fourth-order valence-corrected chi connectivity index (χ4v) is 7.58. The van der Waals surface area contributed by atoms with E-state index in [1.807, 2.05) is 71.9 Å². The number of carbonyl (C=O) groups is 3. The van der Waals surface area contributed by atoms with Crippen molar-refractivity contribution in [3.63, 3.8) is 0 Å². The molecule has 0 aromatic heterocycles. The number of nitrogens with zero attached hydrogens (tertiary/aromatic N) is 3. The van der Waals surface area contributed by atoms with Gasteiger partial charge in [0.2, 0.25) is 17.7 Å². The van der Waals surface area contributed by atoms with Gasteiger partial charge in [0, 0.05) is 25.2 Å². The molecule has 41 heavy (non-hydrogen) atoms. The van der Waals surface area contributed by atoms with Gasteiger partial charge in [0.15, 0.2) is 0 Å². The Labute approximate surface area is 245 Å². The van der Waals surface area contributed by atoms with Crippen LogP contribution in [0.3, 0.4) is 0 Å². The summed E-state index contributed by atoms with van der Waals surface area (Å²) in [7, 11) is 0. The number of aliphatic hydroxyl groups excluding tert-OH is 1. The Morgan fingerprint density at radius 1 is 1.17 bits per heavy atom. The number of benzene rings is 1. The maximum atomic E-state index is 14.8. The monoisotopic (exact) mass is 565 g/mol. The van der Waals surface area contributed by atoms with Crippen LogP contribution >= 0.6 is 0 Å². The van der Waals surface area contributed by atoms with E-state index in [0.717, 1.165) is 12.0 Å². The van der Waals surface area contributed by atoms with Crippen molar-refractivity contribution < 1.29 is 24.2 Å². The first-order chi connectivity index (χ1) is 19.3. The quantitative estimate of drug-likeness (QED) is 0.410. The van der Waals surface area contributed by atoms with Crippen molar-refractivity contribution in [2.45, 2.75) is 83.2 Å². The van der Waals surface area contributed by atoms with Crippen molar-refractivity contribution in [3.05, 3.63) is 61.2 Å². The molecule has 3 unspecified atom stereocenters. The molecule has 3 aliphatic rings. The minimum absolute atomic E-state index is 0.0743. The van der Waals surface area contributed by atoms with E-state index in [1.54, 1.807) is 26.9 Å². The maximum absolute atomic E-state index is 14.8. The van der Waals surface area contributed by atoms with E-state index < -0.39 is 40.7 Å². The van der Waals surface area contributed by atoms with Crippen molar-refractivity contribution >= 4 is 17.7 Å². The summed E-state index contributed by atoms with van der Waals surface area (Å²) in [4.78, 5) is 48.8. The molecule has 0 saturated carbocycles. The van der Waals surface area contributed by atoms with Crippen LogP contribution in [0.1, 0.15) is 66.0 Å². The van der Waals surface area contributed by atoms with E-state index in [2.05, 4.69) is 13.2 Å². The van der Waals surface area contributed by atoms with Crippen LogP contribution in [-0.2, 0) is 19.1 Å². The highest BCUT2D eigenvalue weighted by molar-refractivity contribution is 5.99. The Hall–Kier alpha value is -2.97. The zero-order valence-corrected chi connectivity index (χ0v) is 25.5. The first-order valence-electron chi connectivity index (χ1n) is 14.8. The number of rotatable bonds is 11. The number of likely N-dealkylation sites (tertiary alicyclic amines) is 1. The van der Waals surface area contributed by atoms with Gasteiger partial charge in [0.25, 0.3) is 0 Å². The smallest absolute Gasteiger partial charge is 0.249 e. The first-order valence-corrected chi connectivity index (χ1v) is 14.8. The number of hydrogen-bond acceptors (Lipinski definition) is 5. The predicted octanol–water partition coefficient (Wildman–Crippen LogP) is 3.97. The number of hydrogen-bond donors (Lipinski definition) is 1. The van der Waals surface area contributed by atoms with Crippen LogP contribution < -0.4 is 0 Å². The summed E-state index contributed by atoms with van der Waals surface area (Å²) in [6, 6.07) is 7.48.